The molecule has 1 aliphatic rings. The minimum absolute atomic E-state index is 0.0118. The predicted molar refractivity (Wildman–Crippen MR) is 167 cm³/mol. The molecule has 1 aromatic heterocycles. The molecule has 244 valence electrons. The molecule has 2 heterocycles. The van der Waals surface area contributed by atoms with Crippen LogP contribution in [0.4, 0.5) is 0 Å². The molecular weight excluding hydrogens is 552 g/mol. The smallest absolute Gasteiger partial charge is 0.345 e. The Kier molecular flexibility index (Phi) is 14.8. The molecule has 1 saturated heterocycles. The number of allylic oxidation sites excluding steroid dienone is 3. The standard InChI is InChI=1S/C34H54O9/c1-7-8-9-10-11-21(2)14-23(4)16-24(19-35)15-22(3)12-13-28(39)34(5,6)29-18-26(37)30(33(41)43-29)32-31(40)27(38)17-25(20-36)42-32/h12-13,15-16,18,21,24-25,27-28,31-32,35-40H,7-11,14,17,19-20H2,1-6H3/b13-12+,22-15+,23-16+/t21?,24?,25-,27-,28?,31+,32-/m0/s1. The molecule has 0 aliphatic carbocycles. The van der Waals surface area contributed by atoms with Crippen LogP contribution in [0.3, 0.4) is 0 Å². The van der Waals surface area contributed by atoms with Crippen LogP contribution in [0.5, 0.6) is 5.75 Å². The highest BCUT2D eigenvalue weighted by Gasteiger charge is 2.41. The van der Waals surface area contributed by atoms with E-state index in [0.29, 0.717) is 5.92 Å². The van der Waals surface area contributed by atoms with Crippen molar-refractivity contribution in [3.05, 3.63) is 63.3 Å². The fraction of sp³-hybridized carbons (Fsp3) is 0.676. The molecule has 0 radical (unpaired) electrons. The average molecular weight is 607 g/mol. The van der Waals surface area contributed by atoms with Gasteiger partial charge in [0.1, 0.15) is 29.3 Å². The number of hydrogen-bond donors (Lipinski definition) is 6. The van der Waals surface area contributed by atoms with E-state index in [9.17, 15) is 35.4 Å². The maximum atomic E-state index is 12.9. The van der Waals surface area contributed by atoms with Gasteiger partial charge in [-0.2, -0.15) is 0 Å². The lowest BCUT2D eigenvalue weighted by molar-refractivity contribution is -0.180. The number of aliphatic hydroxyl groups is 5. The Morgan fingerprint density at radius 1 is 1.14 bits per heavy atom. The van der Waals surface area contributed by atoms with Gasteiger partial charge >= 0.3 is 5.63 Å². The van der Waals surface area contributed by atoms with E-state index in [1.807, 2.05) is 13.0 Å². The number of rotatable bonds is 16. The van der Waals surface area contributed by atoms with Gasteiger partial charge in [-0.15, -0.1) is 0 Å². The molecule has 1 aliphatic heterocycles. The first-order chi connectivity index (χ1) is 20.2. The van der Waals surface area contributed by atoms with E-state index < -0.39 is 53.9 Å². The van der Waals surface area contributed by atoms with Crippen molar-refractivity contribution in [3.63, 3.8) is 0 Å². The minimum atomic E-state index is -1.50. The molecule has 0 spiro atoms. The molecule has 6 N–H and O–H groups in total. The summed E-state index contributed by atoms with van der Waals surface area (Å²) in [5.74, 6) is -0.0686. The molecule has 0 amide bonds. The van der Waals surface area contributed by atoms with Crippen LogP contribution in [-0.4, -0.2) is 68.3 Å². The van der Waals surface area contributed by atoms with Crippen molar-refractivity contribution in [2.24, 2.45) is 11.8 Å². The van der Waals surface area contributed by atoms with Crippen LogP contribution in [0.1, 0.15) is 104 Å². The van der Waals surface area contributed by atoms with Gasteiger partial charge in [-0.25, -0.2) is 4.79 Å². The number of unbranched alkanes of at least 4 members (excludes halogenated alkanes) is 3. The normalized spacial score (nSPS) is 24.3. The highest BCUT2D eigenvalue weighted by molar-refractivity contribution is 5.36. The van der Waals surface area contributed by atoms with E-state index in [1.54, 1.807) is 26.0 Å². The molecule has 0 aromatic carbocycles. The Labute approximate surface area is 256 Å². The van der Waals surface area contributed by atoms with Gasteiger partial charge in [0.2, 0.25) is 0 Å². The van der Waals surface area contributed by atoms with Crippen molar-refractivity contribution >= 4 is 0 Å². The van der Waals surface area contributed by atoms with Crippen LogP contribution in [-0.2, 0) is 10.2 Å². The summed E-state index contributed by atoms with van der Waals surface area (Å²) in [6, 6.07) is 1.20. The maximum Gasteiger partial charge on any atom is 0.345 e. The van der Waals surface area contributed by atoms with Gasteiger partial charge < -0.3 is 39.8 Å². The third kappa shape index (κ3) is 10.7. The first-order valence-corrected chi connectivity index (χ1v) is 15.6. The zero-order valence-electron chi connectivity index (χ0n) is 26.7. The van der Waals surface area contributed by atoms with Crippen LogP contribution in [0.15, 0.2) is 50.7 Å². The molecule has 1 aromatic rings. The fourth-order valence-corrected chi connectivity index (χ4v) is 5.56. The molecular formula is C34H54O9. The molecule has 1 fully saturated rings. The zero-order valence-corrected chi connectivity index (χ0v) is 26.7. The Morgan fingerprint density at radius 2 is 1.84 bits per heavy atom. The summed E-state index contributed by atoms with van der Waals surface area (Å²) in [7, 11) is 0. The van der Waals surface area contributed by atoms with Crippen molar-refractivity contribution in [3.8, 4) is 5.75 Å². The highest BCUT2D eigenvalue weighted by atomic mass is 16.5. The summed E-state index contributed by atoms with van der Waals surface area (Å²) >= 11 is 0. The molecule has 0 bridgehead atoms. The van der Waals surface area contributed by atoms with Gasteiger partial charge in [-0.1, -0.05) is 81.4 Å². The van der Waals surface area contributed by atoms with Crippen LogP contribution in [0.2, 0.25) is 0 Å². The van der Waals surface area contributed by atoms with Crippen molar-refractivity contribution < 1.29 is 39.8 Å². The number of ether oxygens (including phenoxy) is 1. The van der Waals surface area contributed by atoms with Crippen molar-refractivity contribution in [2.45, 2.75) is 122 Å². The van der Waals surface area contributed by atoms with Crippen molar-refractivity contribution in [1.29, 1.82) is 0 Å². The predicted octanol–water partition coefficient (Wildman–Crippen LogP) is 4.58. The van der Waals surface area contributed by atoms with Gasteiger partial charge in [0.15, 0.2) is 0 Å². The second-order valence-electron chi connectivity index (χ2n) is 12.8. The Morgan fingerprint density at radius 3 is 2.44 bits per heavy atom. The molecule has 9 nitrogen and oxygen atoms in total. The third-order valence-electron chi connectivity index (χ3n) is 8.33. The molecule has 0 saturated carbocycles. The van der Waals surface area contributed by atoms with Crippen LogP contribution in [0.25, 0.3) is 0 Å². The average Bonchev–Trinajstić information content (AvgIpc) is 2.95. The third-order valence-corrected chi connectivity index (χ3v) is 8.33. The van der Waals surface area contributed by atoms with Crippen molar-refractivity contribution in [2.75, 3.05) is 13.2 Å². The SMILES string of the molecule is CCCCCCC(C)C/C(C)=C/C(/C=C(C)/C=C/C(O)C(C)(C)c1cc(O)c([C@@H]2O[C@H](CO)C[C@H](O)[C@H]2O)c(=O)o1)CO. The summed E-state index contributed by atoms with van der Waals surface area (Å²) in [6.07, 6.45) is 8.44. The van der Waals surface area contributed by atoms with Gasteiger partial charge in [-0.3, -0.25) is 0 Å². The maximum absolute atomic E-state index is 12.9. The van der Waals surface area contributed by atoms with E-state index in [0.717, 1.165) is 12.0 Å². The Bertz CT molecular complexity index is 1150. The van der Waals surface area contributed by atoms with Gasteiger partial charge in [0, 0.05) is 18.4 Å². The Hall–Kier alpha value is -2.27. The Balaban J connectivity index is 2.14. The summed E-state index contributed by atoms with van der Waals surface area (Å²) in [4.78, 5) is 12.9. The lowest BCUT2D eigenvalue weighted by Gasteiger charge is -2.36. The second kappa shape index (κ2) is 17.3. The van der Waals surface area contributed by atoms with Crippen LogP contribution in [0, 0.1) is 11.8 Å². The first kappa shape index (κ1) is 36.9. The second-order valence-corrected chi connectivity index (χ2v) is 12.8. The quantitative estimate of drug-likeness (QED) is 0.0899. The largest absolute Gasteiger partial charge is 0.507 e. The summed E-state index contributed by atoms with van der Waals surface area (Å²) in [5.41, 5.74) is -0.399. The molecule has 9 heteroatoms. The van der Waals surface area contributed by atoms with Gasteiger partial charge in [0.25, 0.3) is 0 Å². The summed E-state index contributed by atoms with van der Waals surface area (Å²) in [5, 5.41) is 61.7. The van der Waals surface area contributed by atoms with Gasteiger partial charge in [0.05, 0.1) is 36.9 Å². The molecule has 43 heavy (non-hydrogen) atoms. The monoisotopic (exact) mass is 606 g/mol. The summed E-state index contributed by atoms with van der Waals surface area (Å²) < 4.78 is 11.0. The van der Waals surface area contributed by atoms with E-state index in [4.69, 9.17) is 9.15 Å². The topological polar surface area (TPSA) is 161 Å². The number of hydrogen-bond acceptors (Lipinski definition) is 9. The molecule has 7 atom stereocenters. The van der Waals surface area contributed by atoms with Gasteiger partial charge in [-0.05, 0) is 40.0 Å². The number of aliphatic hydroxyl groups excluding tert-OH is 5. The summed E-state index contributed by atoms with van der Waals surface area (Å²) in [6.45, 7) is 11.3. The van der Waals surface area contributed by atoms with Crippen molar-refractivity contribution in [1.82, 2.24) is 0 Å². The van der Waals surface area contributed by atoms with E-state index in [1.165, 1.54) is 43.7 Å². The van der Waals surface area contributed by atoms with E-state index >= 15 is 0 Å². The molecule has 2 rings (SSSR count). The zero-order chi connectivity index (χ0) is 32.3. The molecule has 3 unspecified atom stereocenters. The minimum Gasteiger partial charge on any atom is -0.507 e. The first-order valence-electron chi connectivity index (χ1n) is 15.6. The highest BCUT2D eigenvalue weighted by Crippen LogP contribution is 2.37. The van der Waals surface area contributed by atoms with Crippen LogP contribution < -0.4 is 5.63 Å². The van der Waals surface area contributed by atoms with E-state index in [2.05, 4.69) is 26.8 Å². The lowest BCUT2D eigenvalue weighted by atomic mass is 9.82. The fourth-order valence-electron chi connectivity index (χ4n) is 5.56. The van der Waals surface area contributed by atoms with E-state index in [-0.39, 0.29) is 30.3 Å². The van der Waals surface area contributed by atoms with Crippen LogP contribution >= 0.6 is 0 Å². The lowest BCUT2D eigenvalue weighted by Crippen LogP contribution is -2.46. The number of aromatic hydroxyl groups is 1.